The van der Waals surface area contributed by atoms with Gasteiger partial charge in [-0.15, -0.1) is 10.2 Å². The Morgan fingerprint density at radius 1 is 1.17 bits per heavy atom. The molecule has 1 aliphatic rings. The number of methoxy groups -OCH3 is 1. The lowest BCUT2D eigenvalue weighted by Gasteiger charge is -2.20. The molecule has 0 radical (unpaired) electrons. The predicted octanol–water partition coefficient (Wildman–Crippen LogP) is 4.48. The zero-order chi connectivity index (χ0) is 21.5. The Morgan fingerprint density at radius 2 is 1.97 bits per heavy atom. The molecule has 0 amide bonds. The quantitative estimate of drug-likeness (QED) is 0.559. The van der Waals surface area contributed by atoms with E-state index >= 15 is 0 Å². The van der Waals surface area contributed by atoms with Crippen LogP contribution in [0.4, 0.5) is 23.5 Å². The van der Waals surface area contributed by atoms with Crippen LogP contribution in [-0.4, -0.2) is 39.9 Å². The first kappa shape index (κ1) is 20.4. The van der Waals surface area contributed by atoms with Gasteiger partial charge < -0.3 is 9.64 Å². The van der Waals surface area contributed by atoms with Crippen molar-refractivity contribution in [2.75, 3.05) is 25.1 Å². The fourth-order valence-electron chi connectivity index (χ4n) is 3.56. The summed E-state index contributed by atoms with van der Waals surface area (Å²) in [5, 5.41) is 7.50. The maximum Gasteiger partial charge on any atom is 0.452 e. The molecule has 1 aromatic carbocycles. The molecule has 30 heavy (non-hydrogen) atoms. The second kappa shape index (κ2) is 7.75. The lowest BCUT2D eigenvalue weighted by molar-refractivity contribution is -0.146. The number of alkyl halides is 3. The lowest BCUT2D eigenvalue weighted by atomic mass is 9.98. The number of halogens is 5. The van der Waals surface area contributed by atoms with Crippen LogP contribution in [0, 0.1) is 5.82 Å². The van der Waals surface area contributed by atoms with Gasteiger partial charge >= 0.3 is 6.18 Å². The summed E-state index contributed by atoms with van der Waals surface area (Å²) in [6, 6.07) is 7.07. The first-order valence-corrected chi connectivity index (χ1v) is 9.38. The number of pyridine rings is 1. The average molecular weight is 442 g/mol. The van der Waals surface area contributed by atoms with Crippen molar-refractivity contribution in [1.82, 2.24) is 19.7 Å². The van der Waals surface area contributed by atoms with Crippen molar-refractivity contribution in [2.24, 2.45) is 0 Å². The van der Waals surface area contributed by atoms with E-state index in [1.807, 2.05) is 0 Å². The molecule has 4 rings (SSSR count). The Labute approximate surface area is 174 Å². The molecule has 0 bridgehead atoms. The van der Waals surface area contributed by atoms with Crippen molar-refractivity contribution < 1.29 is 22.3 Å². The summed E-state index contributed by atoms with van der Waals surface area (Å²) in [6.45, 7) is 0.808. The van der Waals surface area contributed by atoms with Crippen molar-refractivity contribution >= 4 is 17.5 Å². The van der Waals surface area contributed by atoms with Gasteiger partial charge in [-0.05, 0) is 30.2 Å². The highest BCUT2D eigenvalue weighted by Gasteiger charge is 2.41. The molecule has 11 heteroatoms. The second-order valence-corrected chi connectivity index (χ2v) is 7.22. The smallest absolute Gasteiger partial charge is 0.452 e. The van der Waals surface area contributed by atoms with Crippen LogP contribution >= 0.6 is 11.6 Å². The van der Waals surface area contributed by atoms with Gasteiger partial charge in [-0.3, -0.25) is 4.57 Å². The van der Waals surface area contributed by atoms with E-state index in [9.17, 15) is 17.6 Å². The Bertz CT molecular complexity index is 1050. The van der Waals surface area contributed by atoms with Crippen LogP contribution in [0.3, 0.4) is 0 Å². The van der Waals surface area contributed by atoms with E-state index in [1.165, 1.54) is 37.6 Å². The molecular formula is C19H16ClF4N5O. The molecule has 1 aliphatic heterocycles. The van der Waals surface area contributed by atoms with Crippen molar-refractivity contribution in [3.63, 3.8) is 0 Å². The third-order valence-corrected chi connectivity index (χ3v) is 5.29. The molecule has 3 heterocycles. The molecule has 158 valence electrons. The van der Waals surface area contributed by atoms with Gasteiger partial charge in [0.25, 0.3) is 0 Å². The first-order valence-electron chi connectivity index (χ1n) is 9.01. The van der Waals surface area contributed by atoms with Gasteiger partial charge in [0, 0.05) is 30.1 Å². The zero-order valence-electron chi connectivity index (χ0n) is 15.7. The Kier molecular flexibility index (Phi) is 5.27. The summed E-state index contributed by atoms with van der Waals surface area (Å²) in [7, 11) is 1.41. The van der Waals surface area contributed by atoms with Gasteiger partial charge in [-0.25, -0.2) is 9.37 Å². The van der Waals surface area contributed by atoms with Crippen LogP contribution in [0.15, 0.2) is 36.5 Å². The highest BCUT2D eigenvalue weighted by molar-refractivity contribution is 6.31. The SMILES string of the molecule is COc1ccc(-n2c(N3CCC(c4ccc(F)cc4Cl)C3)nnc2C(F)(F)F)cn1. The minimum Gasteiger partial charge on any atom is -0.481 e. The summed E-state index contributed by atoms with van der Waals surface area (Å²) in [5.74, 6) is -1.34. The second-order valence-electron chi connectivity index (χ2n) is 6.81. The number of ether oxygens (including phenoxy) is 1. The van der Waals surface area contributed by atoms with Gasteiger partial charge in [0.2, 0.25) is 17.7 Å². The van der Waals surface area contributed by atoms with Crippen molar-refractivity contribution in [2.45, 2.75) is 18.5 Å². The Hall–Kier alpha value is -2.88. The molecular weight excluding hydrogens is 426 g/mol. The molecule has 1 unspecified atom stereocenters. The molecule has 0 aliphatic carbocycles. The average Bonchev–Trinajstić information content (AvgIpc) is 3.35. The monoisotopic (exact) mass is 441 g/mol. The van der Waals surface area contributed by atoms with E-state index in [1.54, 1.807) is 11.0 Å². The largest absolute Gasteiger partial charge is 0.481 e. The van der Waals surface area contributed by atoms with E-state index in [4.69, 9.17) is 16.3 Å². The Balaban J connectivity index is 1.70. The van der Waals surface area contributed by atoms with Gasteiger partial charge in [0.1, 0.15) is 5.82 Å². The fraction of sp³-hybridized carbons (Fsp3) is 0.316. The lowest BCUT2D eigenvalue weighted by Crippen LogP contribution is -2.24. The topological polar surface area (TPSA) is 56.1 Å². The summed E-state index contributed by atoms with van der Waals surface area (Å²) in [6.07, 6.45) is -2.81. The summed E-state index contributed by atoms with van der Waals surface area (Å²) >= 11 is 6.16. The van der Waals surface area contributed by atoms with Gasteiger partial charge in [0.15, 0.2) is 0 Å². The molecule has 3 aromatic rings. The molecule has 6 nitrogen and oxygen atoms in total. The summed E-state index contributed by atoms with van der Waals surface area (Å²) < 4.78 is 60.0. The number of hydrogen-bond donors (Lipinski definition) is 0. The number of benzene rings is 1. The standard InChI is InChI=1S/C19H16ClF4N5O/c1-30-16-5-3-13(9-25-16)29-17(19(22,23)24)26-27-18(29)28-7-6-11(10-28)14-4-2-12(21)8-15(14)20/h2-5,8-9,11H,6-7,10H2,1H3. The maximum atomic E-state index is 13.6. The number of rotatable bonds is 4. The number of anilines is 1. The summed E-state index contributed by atoms with van der Waals surface area (Å²) in [5.41, 5.74) is 0.903. The van der Waals surface area contributed by atoms with Crippen molar-refractivity contribution in [3.05, 3.63) is 58.8 Å². The molecule has 1 saturated heterocycles. The minimum atomic E-state index is -4.70. The van der Waals surface area contributed by atoms with Crippen LogP contribution in [-0.2, 0) is 6.18 Å². The Morgan fingerprint density at radius 3 is 2.60 bits per heavy atom. The highest BCUT2D eigenvalue weighted by atomic mass is 35.5. The van der Waals surface area contributed by atoms with Gasteiger partial charge in [-0.1, -0.05) is 17.7 Å². The molecule has 0 saturated carbocycles. The third kappa shape index (κ3) is 3.79. The van der Waals surface area contributed by atoms with E-state index < -0.39 is 17.8 Å². The van der Waals surface area contributed by atoms with Crippen molar-refractivity contribution in [3.8, 4) is 11.6 Å². The van der Waals surface area contributed by atoms with E-state index in [0.717, 1.165) is 10.1 Å². The van der Waals surface area contributed by atoms with Crippen LogP contribution < -0.4 is 9.64 Å². The molecule has 1 fully saturated rings. The van der Waals surface area contributed by atoms with Crippen LogP contribution in [0.25, 0.3) is 5.69 Å². The maximum absolute atomic E-state index is 13.6. The van der Waals surface area contributed by atoms with Crippen molar-refractivity contribution in [1.29, 1.82) is 0 Å². The van der Waals surface area contributed by atoms with Crippen LogP contribution in [0.2, 0.25) is 5.02 Å². The molecule has 0 N–H and O–H groups in total. The zero-order valence-corrected chi connectivity index (χ0v) is 16.5. The van der Waals surface area contributed by atoms with Gasteiger partial charge in [0.05, 0.1) is 19.0 Å². The molecule has 0 spiro atoms. The number of aromatic nitrogens is 4. The van der Waals surface area contributed by atoms with Crippen LogP contribution in [0.5, 0.6) is 5.88 Å². The highest BCUT2D eigenvalue weighted by Crippen LogP contribution is 2.37. The predicted molar refractivity (Wildman–Crippen MR) is 102 cm³/mol. The molecule has 1 atom stereocenters. The van der Waals surface area contributed by atoms with Crippen LogP contribution in [0.1, 0.15) is 23.7 Å². The normalized spacial score (nSPS) is 16.9. The number of nitrogens with zero attached hydrogens (tertiary/aromatic N) is 5. The van der Waals surface area contributed by atoms with E-state index in [0.29, 0.717) is 24.5 Å². The minimum absolute atomic E-state index is 0.0509. The van der Waals surface area contributed by atoms with Gasteiger partial charge in [-0.2, -0.15) is 13.2 Å². The van der Waals surface area contributed by atoms with E-state index in [2.05, 4.69) is 15.2 Å². The molecule has 2 aromatic heterocycles. The third-order valence-electron chi connectivity index (χ3n) is 4.96. The fourth-order valence-corrected chi connectivity index (χ4v) is 3.88. The summed E-state index contributed by atoms with van der Waals surface area (Å²) in [4.78, 5) is 5.69. The van der Waals surface area contributed by atoms with E-state index in [-0.39, 0.29) is 23.4 Å². The number of hydrogen-bond acceptors (Lipinski definition) is 5. The first-order chi connectivity index (χ1) is 14.3.